The van der Waals surface area contributed by atoms with Crippen molar-refractivity contribution in [1.82, 2.24) is 9.97 Å². The number of carbonyl (C=O) groups excluding carboxylic acids is 1. The van der Waals surface area contributed by atoms with E-state index in [9.17, 15) is 9.59 Å². The zero-order valence-corrected chi connectivity index (χ0v) is 21.5. The lowest BCUT2D eigenvalue weighted by molar-refractivity contribution is -0.138. The molecule has 1 amide bonds. The Kier molecular flexibility index (Phi) is 8.97. The van der Waals surface area contributed by atoms with Crippen molar-refractivity contribution in [1.29, 1.82) is 0 Å². The number of carbonyl (C=O) groups is 2. The predicted octanol–water partition coefficient (Wildman–Crippen LogP) is 4.13. The number of anilines is 2. The fraction of sp³-hybridized carbons (Fsp3) is 0.357. The van der Waals surface area contributed by atoms with Gasteiger partial charge in [-0.05, 0) is 56.5 Å². The van der Waals surface area contributed by atoms with Crippen molar-refractivity contribution in [2.24, 2.45) is 0 Å². The molecule has 10 nitrogen and oxygen atoms in total. The first-order chi connectivity index (χ1) is 18.4. The highest BCUT2D eigenvalue weighted by Crippen LogP contribution is 2.30. The summed E-state index contributed by atoms with van der Waals surface area (Å²) < 4.78 is 17.5. The van der Waals surface area contributed by atoms with Crippen LogP contribution in [0.2, 0.25) is 0 Å². The van der Waals surface area contributed by atoms with Crippen LogP contribution in [0.15, 0.2) is 60.9 Å². The molecule has 38 heavy (non-hydrogen) atoms. The highest BCUT2D eigenvalue weighted by Gasteiger charge is 2.24. The van der Waals surface area contributed by atoms with Crippen LogP contribution in [0, 0.1) is 0 Å². The van der Waals surface area contributed by atoms with E-state index in [1.54, 1.807) is 37.4 Å². The summed E-state index contributed by atoms with van der Waals surface area (Å²) in [6.07, 6.45) is 4.96. The number of benzene rings is 2. The number of hydrogen-bond acceptors (Lipinski definition) is 8. The molecule has 10 heteroatoms. The smallest absolute Gasteiger partial charge is 0.310 e. The Labute approximate surface area is 221 Å². The lowest BCUT2D eigenvalue weighted by Gasteiger charge is -2.33. The van der Waals surface area contributed by atoms with Gasteiger partial charge >= 0.3 is 5.97 Å². The maximum Gasteiger partial charge on any atom is 0.310 e. The van der Waals surface area contributed by atoms with Crippen molar-refractivity contribution < 1.29 is 28.9 Å². The molecule has 1 fully saturated rings. The molecule has 0 bridgehead atoms. The Hall–Kier alpha value is -4.34. The van der Waals surface area contributed by atoms with E-state index in [1.165, 1.54) is 6.20 Å². The number of aromatic nitrogens is 2. The quantitative estimate of drug-likeness (QED) is 0.384. The summed E-state index contributed by atoms with van der Waals surface area (Å²) in [7, 11) is 0. The van der Waals surface area contributed by atoms with Gasteiger partial charge < -0.3 is 29.5 Å². The molecule has 200 valence electrons. The number of para-hydroxylation sites is 2. The lowest BCUT2D eigenvalue weighted by Crippen LogP contribution is -2.41. The summed E-state index contributed by atoms with van der Waals surface area (Å²) in [6.45, 7) is 5.33. The molecular formula is C28H32N4O6. The molecule has 0 radical (unpaired) electrons. The topological polar surface area (TPSA) is 123 Å². The minimum absolute atomic E-state index is 0.0383. The highest BCUT2D eigenvalue weighted by atomic mass is 16.5. The van der Waals surface area contributed by atoms with Crippen molar-refractivity contribution in [2.45, 2.75) is 38.7 Å². The molecular weight excluding hydrogens is 488 g/mol. The molecule has 2 N–H and O–H groups in total. The molecule has 2 heterocycles. The number of nitrogens with zero attached hydrogens (tertiary/aromatic N) is 3. The zero-order valence-electron chi connectivity index (χ0n) is 21.5. The van der Waals surface area contributed by atoms with Crippen LogP contribution in [-0.2, 0) is 9.59 Å². The number of nitrogens with one attached hydrogen (secondary N) is 1. The van der Waals surface area contributed by atoms with Crippen LogP contribution < -0.4 is 24.4 Å². The summed E-state index contributed by atoms with van der Waals surface area (Å²) in [6, 6.07) is 14.3. The largest absolute Gasteiger partial charge is 0.490 e. The van der Waals surface area contributed by atoms with Gasteiger partial charge in [0.25, 0.3) is 5.91 Å². The molecule has 1 aliphatic heterocycles. The van der Waals surface area contributed by atoms with Gasteiger partial charge in [-0.2, -0.15) is 0 Å². The van der Waals surface area contributed by atoms with Crippen LogP contribution in [0.5, 0.6) is 17.2 Å². The molecule has 0 saturated carbocycles. The Morgan fingerprint density at radius 1 is 1.11 bits per heavy atom. The minimum Gasteiger partial charge on any atom is -0.490 e. The van der Waals surface area contributed by atoms with Crippen molar-refractivity contribution in [3.63, 3.8) is 0 Å². The first-order valence-corrected chi connectivity index (χ1v) is 12.6. The number of piperidine rings is 1. The average molecular weight is 521 g/mol. The van der Waals surface area contributed by atoms with Gasteiger partial charge in [-0.25, -0.2) is 4.98 Å². The Morgan fingerprint density at radius 3 is 2.61 bits per heavy atom. The fourth-order valence-electron chi connectivity index (χ4n) is 4.14. The van der Waals surface area contributed by atoms with E-state index in [-0.39, 0.29) is 18.6 Å². The molecule has 2 atom stereocenters. The van der Waals surface area contributed by atoms with Gasteiger partial charge in [0, 0.05) is 6.54 Å². The maximum atomic E-state index is 12.5. The number of hydrogen-bond donors (Lipinski definition) is 2. The minimum atomic E-state index is -0.902. The van der Waals surface area contributed by atoms with Gasteiger partial charge in [0.05, 0.1) is 31.5 Å². The van der Waals surface area contributed by atoms with E-state index < -0.39 is 11.9 Å². The van der Waals surface area contributed by atoms with E-state index in [2.05, 4.69) is 20.2 Å². The second-order valence-corrected chi connectivity index (χ2v) is 8.94. The normalized spacial score (nSPS) is 15.8. The number of ether oxygens (including phenoxy) is 3. The molecule has 3 aromatic rings. The van der Waals surface area contributed by atoms with Gasteiger partial charge in [0.2, 0.25) is 0 Å². The van der Waals surface area contributed by atoms with Crippen LogP contribution in [0.4, 0.5) is 11.6 Å². The third kappa shape index (κ3) is 7.12. The summed E-state index contributed by atoms with van der Waals surface area (Å²) in [4.78, 5) is 34.5. The van der Waals surface area contributed by atoms with Gasteiger partial charge in [-0.15, -0.1) is 0 Å². The number of carboxylic acids is 1. The molecule has 0 spiro atoms. The molecule has 1 unspecified atom stereocenters. The summed E-state index contributed by atoms with van der Waals surface area (Å²) in [5.41, 5.74) is 0.658. The van der Waals surface area contributed by atoms with Gasteiger partial charge in [-0.3, -0.25) is 14.6 Å². The van der Waals surface area contributed by atoms with Gasteiger partial charge in [-0.1, -0.05) is 24.3 Å². The Balaban J connectivity index is 1.31. The van der Waals surface area contributed by atoms with E-state index >= 15 is 0 Å². The van der Waals surface area contributed by atoms with E-state index in [0.29, 0.717) is 36.1 Å². The number of rotatable bonds is 11. The van der Waals surface area contributed by atoms with Crippen LogP contribution in [0.3, 0.4) is 0 Å². The standard InChI is InChI=1S/C28H32N4O6/c1-3-36-23-8-4-5-9-24(23)38-22-7-6-14-32(17-22)26-16-29-15-25(30-26)31-27(33)18-37-21-12-10-20(11-13-21)19(2)28(34)35/h4-5,8-13,15-16,19,22H,3,6-7,14,17-18H2,1-2H3,(H,34,35)(H,30,31,33)/t19?,22-/m1/s1. The zero-order chi connectivity index (χ0) is 26.9. The molecule has 1 aromatic heterocycles. The van der Waals surface area contributed by atoms with Crippen LogP contribution in [-0.4, -0.2) is 59.4 Å². The van der Waals surface area contributed by atoms with Crippen LogP contribution in [0.25, 0.3) is 0 Å². The van der Waals surface area contributed by atoms with Crippen molar-refractivity contribution in [2.75, 3.05) is 36.5 Å². The molecule has 2 aromatic carbocycles. The second kappa shape index (κ2) is 12.8. The van der Waals surface area contributed by atoms with E-state index in [0.717, 1.165) is 30.9 Å². The van der Waals surface area contributed by atoms with Crippen molar-refractivity contribution in [3.8, 4) is 17.2 Å². The van der Waals surface area contributed by atoms with Gasteiger partial charge in [0.15, 0.2) is 23.9 Å². The summed E-state index contributed by atoms with van der Waals surface area (Å²) in [5.74, 6) is 0.985. The SMILES string of the molecule is CCOc1ccccc1O[C@@H]1CCCN(c2cncc(NC(=O)COc3ccc(C(C)C(=O)O)cc3)n2)C1. The number of aliphatic carboxylic acids is 1. The Morgan fingerprint density at radius 2 is 1.87 bits per heavy atom. The van der Waals surface area contributed by atoms with Crippen molar-refractivity contribution in [3.05, 3.63) is 66.5 Å². The fourth-order valence-corrected chi connectivity index (χ4v) is 4.14. The first kappa shape index (κ1) is 26.7. The Bertz CT molecular complexity index is 1240. The highest BCUT2D eigenvalue weighted by molar-refractivity contribution is 5.91. The lowest BCUT2D eigenvalue weighted by atomic mass is 10.0. The van der Waals surface area contributed by atoms with Crippen LogP contribution >= 0.6 is 0 Å². The van der Waals surface area contributed by atoms with Crippen LogP contribution in [0.1, 0.15) is 38.2 Å². The maximum absolute atomic E-state index is 12.5. The molecule has 1 aliphatic rings. The third-order valence-electron chi connectivity index (χ3n) is 6.15. The van der Waals surface area contributed by atoms with E-state index in [1.807, 2.05) is 31.2 Å². The number of amides is 1. The molecule has 0 aliphatic carbocycles. The third-order valence-corrected chi connectivity index (χ3v) is 6.15. The predicted molar refractivity (Wildman–Crippen MR) is 142 cm³/mol. The van der Waals surface area contributed by atoms with Gasteiger partial charge in [0.1, 0.15) is 17.7 Å². The monoisotopic (exact) mass is 520 g/mol. The summed E-state index contributed by atoms with van der Waals surface area (Å²) in [5, 5.41) is 11.8. The average Bonchev–Trinajstić information content (AvgIpc) is 2.93. The number of carboxylic acid groups (broad SMARTS) is 1. The molecule has 4 rings (SSSR count). The first-order valence-electron chi connectivity index (χ1n) is 12.6. The second-order valence-electron chi connectivity index (χ2n) is 8.94. The summed E-state index contributed by atoms with van der Waals surface area (Å²) >= 11 is 0. The molecule has 1 saturated heterocycles. The van der Waals surface area contributed by atoms with Crippen molar-refractivity contribution >= 4 is 23.5 Å². The van der Waals surface area contributed by atoms with E-state index in [4.69, 9.17) is 19.3 Å².